The van der Waals surface area contributed by atoms with E-state index in [0.29, 0.717) is 22.5 Å². The van der Waals surface area contributed by atoms with Crippen LogP contribution in [0.1, 0.15) is 11.5 Å². The van der Waals surface area contributed by atoms with Gasteiger partial charge in [-0.1, -0.05) is 46.6 Å². The Morgan fingerprint density at radius 2 is 1.88 bits per heavy atom. The quantitative estimate of drug-likeness (QED) is 0.658. The van der Waals surface area contributed by atoms with Crippen molar-refractivity contribution in [3.8, 4) is 11.4 Å². The molecular formula is C18H16ClN3O2S. The lowest BCUT2D eigenvalue weighted by molar-refractivity contribution is -0.118. The Kier molecular flexibility index (Phi) is 5.73. The Balaban J connectivity index is 1.49. The molecular weight excluding hydrogens is 358 g/mol. The first-order valence-corrected chi connectivity index (χ1v) is 9.01. The Morgan fingerprint density at radius 3 is 2.60 bits per heavy atom. The van der Waals surface area contributed by atoms with E-state index in [1.54, 1.807) is 12.1 Å². The van der Waals surface area contributed by atoms with Crippen LogP contribution in [0.15, 0.2) is 57.9 Å². The second-order valence-corrected chi connectivity index (χ2v) is 6.88. The van der Waals surface area contributed by atoms with Gasteiger partial charge in [0.2, 0.25) is 17.6 Å². The zero-order valence-corrected chi connectivity index (χ0v) is 15.1. The zero-order chi connectivity index (χ0) is 17.6. The third-order valence-corrected chi connectivity index (χ3v) is 4.66. The van der Waals surface area contributed by atoms with E-state index < -0.39 is 0 Å². The van der Waals surface area contributed by atoms with Crippen LogP contribution in [0.2, 0.25) is 5.02 Å². The van der Waals surface area contributed by atoms with Gasteiger partial charge in [0.25, 0.3) is 0 Å². The number of carbonyl (C=O) groups excluding carboxylic acids is 1. The summed E-state index contributed by atoms with van der Waals surface area (Å²) >= 11 is 7.27. The molecule has 0 saturated heterocycles. The van der Waals surface area contributed by atoms with Gasteiger partial charge < -0.3 is 9.84 Å². The molecule has 1 amide bonds. The van der Waals surface area contributed by atoms with E-state index in [1.807, 2.05) is 43.3 Å². The molecule has 128 valence electrons. The number of nitrogens with one attached hydrogen (secondary N) is 1. The molecule has 3 rings (SSSR count). The van der Waals surface area contributed by atoms with Crippen LogP contribution in [0.3, 0.4) is 0 Å². The van der Waals surface area contributed by atoms with Gasteiger partial charge in [0.15, 0.2) is 0 Å². The van der Waals surface area contributed by atoms with Gasteiger partial charge >= 0.3 is 0 Å². The monoisotopic (exact) mass is 373 g/mol. The minimum atomic E-state index is -0.102. The van der Waals surface area contributed by atoms with E-state index >= 15 is 0 Å². The second kappa shape index (κ2) is 8.18. The summed E-state index contributed by atoms with van der Waals surface area (Å²) in [7, 11) is 0. The summed E-state index contributed by atoms with van der Waals surface area (Å²) in [5.41, 5.74) is 2.04. The van der Waals surface area contributed by atoms with Crippen molar-refractivity contribution in [1.82, 2.24) is 15.5 Å². The third kappa shape index (κ3) is 5.08. The first-order chi connectivity index (χ1) is 12.1. The molecule has 2 aromatic carbocycles. The Bertz CT molecular complexity index is 848. The topological polar surface area (TPSA) is 68.0 Å². The van der Waals surface area contributed by atoms with E-state index in [-0.39, 0.29) is 12.5 Å². The summed E-state index contributed by atoms with van der Waals surface area (Å²) in [4.78, 5) is 17.2. The van der Waals surface area contributed by atoms with Gasteiger partial charge in [-0.2, -0.15) is 4.98 Å². The number of hydrogen-bond acceptors (Lipinski definition) is 5. The van der Waals surface area contributed by atoms with E-state index in [0.717, 1.165) is 16.0 Å². The number of aromatic nitrogens is 2. The van der Waals surface area contributed by atoms with E-state index in [1.165, 1.54) is 11.8 Å². The Hall–Kier alpha value is -2.31. The molecule has 1 N–H and O–H groups in total. The number of amides is 1. The van der Waals surface area contributed by atoms with Gasteiger partial charge in [-0.3, -0.25) is 4.79 Å². The lowest BCUT2D eigenvalue weighted by atomic mass is 10.1. The van der Waals surface area contributed by atoms with E-state index in [2.05, 4.69) is 15.5 Å². The van der Waals surface area contributed by atoms with Gasteiger partial charge in [0.1, 0.15) is 0 Å². The van der Waals surface area contributed by atoms with Crippen molar-refractivity contribution in [2.45, 2.75) is 18.4 Å². The second-order valence-electron chi connectivity index (χ2n) is 5.40. The molecule has 7 heteroatoms. The van der Waals surface area contributed by atoms with Gasteiger partial charge in [0, 0.05) is 15.5 Å². The van der Waals surface area contributed by atoms with Gasteiger partial charge in [-0.15, -0.1) is 11.8 Å². The van der Waals surface area contributed by atoms with Crippen LogP contribution in [0.25, 0.3) is 11.4 Å². The molecule has 0 radical (unpaired) electrons. The summed E-state index contributed by atoms with van der Waals surface area (Å²) in [6.07, 6.45) is 0. The van der Waals surface area contributed by atoms with Crippen LogP contribution in [0.5, 0.6) is 0 Å². The minimum Gasteiger partial charge on any atom is -0.346 e. The standard InChI is InChI=1S/C18H16ClN3O2S/c1-12-2-4-13(5-3-12)18-21-17(24-22-18)10-20-16(23)11-25-15-8-6-14(19)7-9-15/h2-9H,10-11H2,1H3,(H,20,23). The zero-order valence-electron chi connectivity index (χ0n) is 13.5. The highest BCUT2D eigenvalue weighted by atomic mass is 35.5. The molecule has 5 nitrogen and oxygen atoms in total. The average Bonchev–Trinajstić information content (AvgIpc) is 3.09. The molecule has 0 atom stereocenters. The molecule has 1 aromatic heterocycles. The molecule has 0 bridgehead atoms. The molecule has 0 fully saturated rings. The van der Waals surface area contributed by atoms with Crippen molar-refractivity contribution < 1.29 is 9.32 Å². The molecule has 0 aliphatic heterocycles. The maximum atomic E-state index is 11.9. The van der Waals surface area contributed by atoms with E-state index in [4.69, 9.17) is 16.1 Å². The molecule has 0 aliphatic carbocycles. The van der Waals surface area contributed by atoms with Crippen LogP contribution in [-0.2, 0) is 11.3 Å². The van der Waals surface area contributed by atoms with Crippen LogP contribution in [0, 0.1) is 6.92 Å². The molecule has 0 spiro atoms. The fraction of sp³-hybridized carbons (Fsp3) is 0.167. The fourth-order valence-electron chi connectivity index (χ4n) is 2.05. The number of benzene rings is 2. The van der Waals surface area contributed by atoms with Gasteiger partial charge in [-0.05, 0) is 31.2 Å². The van der Waals surface area contributed by atoms with Crippen LogP contribution < -0.4 is 5.32 Å². The number of aryl methyl sites for hydroxylation is 1. The fourth-order valence-corrected chi connectivity index (χ4v) is 2.91. The normalized spacial score (nSPS) is 10.6. The third-order valence-electron chi connectivity index (χ3n) is 3.40. The number of halogens is 1. The highest BCUT2D eigenvalue weighted by Crippen LogP contribution is 2.20. The highest BCUT2D eigenvalue weighted by Gasteiger charge is 2.10. The average molecular weight is 374 g/mol. The largest absolute Gasteiger partial charge is 0.346 e. The van der Waals surface area contributed by atoms with Crippen molar-refractivity contribution in [2.24, 2.45) is 0 Å². The van der Waals surface area contributed by atoms with Crippen molar-refractivity contribution in [1.29, 1.82) is 0 Å². The number of rotatable bonds is 6. The number of carbonyl (C=O) groups is 1. The highest BCUT2D eigenvalue weighted by molar-refractivity contribution is 8.00. The van der Waals surface area contributed by atoms with Gasteiger partial charge in [-0.25, -0.2) is 0 Å². The summed E-state index contributed by atoms with van der Waals surface area (Å²) in [5, 5.41) is 7.39. The number of hydrogen-bond donors (Lipinski definition) is 1. The number of nitrogens with zero attached hydrogens (tertiary/aromatic N) is 2. The van der Waals surface area contributed by atoms with E-state index in [9.17, 15) is 4.79 Å². The summed E-state index contributed by atoms with van der Waals surface area (Å²) in [6.45, 7) is 2.22. The molecule has 1 heterocycles. The van der Waals surface area contributed by atoms with Crippen molar-refractivity contribution >= 4 is 29.3 Å². The SMILES string of the molecule is Cc1ccc(-c2noc(CNC(=O)CSc3ccc(Cl)cc3)n2)cc1. The van der Waals surface area contributed by atoms with Gasteiger partial charge in [0.05, 0.1) is 12.3 Å². The lowest BCUT2D eigenvalue weighted by Crippen LogP contribution is -2.24. The predicted molar refractivity (Wildman–Crippen MR) is 98.5 cm³/mol. The Labute approximate surface area is 154 Å². The Morgan fingerprint density at radius 1 is 1.16 bits per heavy atom. The molecule has 25 heavy (non-hydrogen) atoms. The number of thioether (sulfide) groups is 1. The predicted octanol–water partition coefficient (Wildman–Crippen LogP) is 4.11. The van der Waals surface area contributed by atoms with Crippen molar-refractivity contribution in [2.75, 3.05) is 5.75 Å². The van der Waals surface area contributed by atoms with Crippen molar-refractivity contribution in [3.63, 3.8) is 0 Å². The molecule has 0 aliphatic rings. The van der Waals surface area contributed by atoms with Crippen LogP contribution >= 0.6 is 23.4 Å². The van der Waals surface area contributed by atoms with Crippen LogP contribution in [-0.4, -0.2) is 21.8 Å². The molecule has 3 aromatic rings. The van der Waals surface area contributed by atoms with Crippen LogP contribution in [0.4, 0.5) is 0 Å². The summed E-state index contributed by atoms with van der Waals surface area (Å²) in [6, 6.07) is 15.2. The molecule has 0 unspecified atom stereocenters. The smallest absolute Gasteiger partial charge is 0.246 e. The maximum absolute atomic E-state index is 11.9. The first-order valence-electron chi connectivity index (χ1n) is 7.65. The summed E-state index contributed by atoms with van der Waals surface area (Å²) < 4.78 is 5.18. The molecule has 0 saturated carbocycles. The lowest BCUT2D eigenvalue weighted by Gasteiger charge is -2.02. The first kappa shape index (κ1) is 17.5. The minimum absolute atomic E-state index is 0.102. The maximum Gasteiger partial charge on any atom is 0.246 e. The summed E-state index contributed by atoms with van der Waals surface area (Å²) in [5.74, 6) is 1.09. The van der Waals surface area contributed by atoms with Crippen molar-refractivity contribution in [3.05, 3.63) is 65.0 Å².